The molecule has 52 heavy (non-hydrogen) atoms. The van der Waals surface area contributed by atoms with Crippen LogP contribution in [0.1, 0.15) is 228 Å². The molecule has 0 aromatic carbocycles. The van der Waals surface area contributed by atoms with Gasteiger partial charge in [-0.1, -0.05) is 128 Å². The van der Waals surface area contributed by atoms with Gasteiger partial charge in [0.15, 0.2) is 0 Å². The minimum absolute atomic E-state index is 0.114. The number of aliphatic hydroxyl groups is 2. The molecule has 0 heterocycles. The van der Waals surface area contributed by atoms with Crippen LogP contribution in [0.4, 0.5) is 4.39 Å². The van der Waals surface area contributed by atoms with E-state index >= 15 is 0 Å². The predicted molar refractivity (Wildman–Crippen MR) is 233 cm³/mol. The second-order valence-electron chi connectivity index (χ2n) is 20.6. The summed E-state index contributed by atoms with van der Waals surface area (Å²) < 4.78 is 15.3. The molecule has 0 spiro atoms. The molecule has 3 fully saturated rings. The fourth-order valence-electron chi connectivity index (χ4n) is 10.9. The monoisotopic (exact) mass is 845 g/mol. The summed E-state index contributed by atoms with van der Waals surface area (Å²) in [6.45, 7) is 15.3. The lowest BCUT2D eigenvalue weighted by molar-refractivity contribution is 0.0607. The zero-order valence-electron chi connectivity index (χ0n) is 35.8. The molecule has 0 aromatic heterocycles. The van der Waals surface area contributed by atoms with Gasteiger partial charge in [-0.25, -0.2) is 4.39 Å². The van der Waals surface area contributed by atoms with Gasteiger partial charge in [0.05, 0.1) is 12.2 Å². The Hall–Kier alpha value is 0.580. The normalized spacial score (nSPS) is 27.8. The number of hydrogen-bond acceptors (Lipinski definition) is 2. The molecule has 3 aliphatic rings. The summed E-state index contributed by atoms with van der Waals surface area (Å²) in [5.74, 6) is 5.74. The number of unbranched alkanes of at least 4 members (excludes halogenated alkanes) is 5. The number of aliphatic hydroxyl groups excluding tert-OH is 2. The van der Waals surface area contributed by atoms with E-state index in [1.807, 2.05) is 0 Å². The lowest BCUT2D eigenvalue weighted by Crippen LogP contribution is -2.28. The van der Waals surface area contributed by atoms with Crippen LogP contribution in [0.5, 0.6) is 0 Å². The summed E-state index contributed by atoms with van der Waals surface area (Å²) in [5, 5.41) is 21.7. The van der Waals surface area contributed by atoms with Crippen molar-refractivity contribution < 1.29 is 14.6 Å². The van der Waals surface area contributed by atoms with Gasteiger partial charge in [-0.15, -0.1) is 0 Å². The SMILES string of the molecule is CC[C@H](C)CCCCCC(O)C(C)CCCCCC[C@H](O)C1CCC(C[C@H](C)C[C@H](C[C@H](C)CCC(C)(C)F)CC2(C3CCC(I)CC3)CC2)CC1. The maximum absolute atomic E-state index is 14.4. The molecule has 3 aliphatic carbocycles. The van der Waals surface area contributed by atoms with Crippen molar-refractivity contribution in [1.82, 2.24) is 0 Å². The van der Waals surface area contributed by atoms with E-state index in [4.69, 9.17) is 0 Å². The first-order chi connectivity index (χ1) is 24.7. The molecule has 2 unspecified atom stereocenters. The average Bonchev–Trinajstić information content (AvgIpc) is 3.88. The van der Waals surface area contributed by atoms with E-state index in [0.29, 0.717) is 29.6 Å². The molecule has 308 valence electrons. The van der Waals surface area contributed by atoms with Crippen LogP contribution in [0.15, 0.2) is 0 Å². The van der Waals surface area contributed by atoms with Gasteiger partial charge in [0, 0.05) is 3.92 Å². The summed E-state index contributed by atoms with van der Waals surface area (Å²) in [6.07, 6.45) is 34.9. The average molecular weight is 845 g/mol. The molecule has 3 saturated carbocycles. The molecule has 7 atom stereocenters. The topological polar surface area (TPSA) is 40.5 Å². The first-order valence-electron chi connectivity index (χ1n) is 23.4. The Morgan fingerprint density at radius 1 is 0.692 bits per heavy atom. The van der Waals surface area contributed by atoms with Gasteiger partial charge in [-0.05, 0) is 176 Å². The lowest BCUT2D eigenvalue weighted by atomic mass is 9.70. The van der Waals surface area contributed by atoms with Crippen LogP contribution in [0, 0.1) is 52.8 Å². The van der Waals surface area contributed by atoms with Gasteiger partial charge in [-0.3, -0.25) is 0 Å². The highest BCUT2D eigenvalue weighted by Gasteiger charge is 2.50. The van der Waals surface area contributed by atoms with Crippen molar-refractivity contribution in [3.8, 4) is 0 Å². The van der Waals surface area contributed by atoms with Crippen LogP contribution in [0.2, 0.25) is 0 Å². The smallest absolute Gasteiger partial charge is 0.105 e. The third kappa shape index (κ3) is 18.7. The van der Waals surface area contributed by atoms with Crippen molar-refractivity contribution in [2.24, 2.45) is 52.8 Å². The second-order valence-corrected chi connectivity index (χ2v) is 22.4. The van der Waals surface area contributed by atoms with Crippen molar-refractivity contribution >= 4 is 22.6 Å². The minimum atomic E-state index is -1.05. The Labute approximate surface area is 338 Å². The van der Waals surface area contributed by atoms with Crippen LogP contribution in [-0.4, -0.2) is 32.0 Å². The highest BCUT2D eigenvalue weighted by molar-refractivity contribution is 14.1. The molecule has 2 nitrogen and oxygen atoms in total. The first-order valence-corrected chi connectivity index (χ1v) is 24.6. The Balaban J connectivity index is 1.31. The number of hydrogen-bond donors (Lipinski definition) is 2. The van der Waals surface area contributed by atoms with E-state index in [-0.39, 0.29) is 12.2 Å². The van der Waals surface area contributed by atoms with Gasteiger partial charge in [0.1, 0.15) is 5.67 Å². The zero-order chi connectivity index (χ0) is 38.1. The van der Waals surface area contributed by atoms with Crippen LogP contribution in [0.25, 0.3) is 0 Å². The molecule has 0 bridgehead atoms. The molecule has 0 radical (unpaired) electrons. The van der Waals surface area contributed by atoms with Crippen LogP contribution in [0.3, 0.4) is 0 Å². The minimum Gasteiger partial charge on any atom is -0.393 e. The van der Waals surface area contributed by atoms with Crippen LogP contribution < -0.4 is 0 Å². The van der Waals surface area contributed by atoms with Crippen LogP contribution in [-0.2, 0) is 0 Å². The van der Waals surface area contributed by atoms with E-state index < -0.39 is 5.67 Å². The second kappa shape index (κ2) is 24.4. The number of alkyl halides is 2. The highest BCUT2D eigenvalue weighted by atomic mass is 127. The van der Waals surface area contributed by atoms with E-state index in [1.54, 1.807) is 13.8 Å². The van der Waals surface area contributed by atoms with Crippen LogP contribution >= 0.6 is 22.6 Å². The zero-order valence-corrected chi connectivity index (χ0v) is 38.0. The Morgan fingerprint density at radius 2 is 1.27 bits per heavy atom. The van der Waals surface area contributed by atoms with E-state index in [9.17, 15) is 14.6 Å². The predicted octanol–water partition coefficient (Wildman–Crippen LogP) is 15.2. The maximum Gasteiger partial charge on any atom is 0.105 e. The van der Waals surface area contributed by atoms with Crippen molar-refractivity contribution in [1.29, 1.82) is 0 Å². The Bertz CT molecular complexity index is 899. The summed E-state index contributed by atoms with van der Waals surface area (Å²) in [4.78, 5) is 0. The van der Waals surface area contributed by atoms with Gasteiger partial charge in [0.2, 0.25) is 0 Å². The molecule has 0 saturated heterocycles. The molecule has 0 amide bonds. The maximum atomic E-state index is 14.4. The third-order valence-corrected chi connectivity index (χ3v) is 16.2. The fraction of sp³-hybridized carbons (Fsp3) is 1.00. The first kappa shape index (κ1) is 47.0. The Kier molecular flexibility index (Phi) is 22.0. The van der Waals surface area contributed by atoms with Gasteiger partial charge < -0.3 is 10.2 Å². The van der Waals surface area contributed by atoms with Gasteiger partial charge >= 0.3 is 0 Å². The fourth-order valence-corrected chi connectivity index (χ4v) is 11.6. The highest BCUT2D eigenvalue weighted by Crippen LogP contribution is 2.61. The summed E-state index contributed by atoms with van der Waals surface area (Å²) >= 11 is 2.69. The van der Waals surface area contributed by atoms with Crippen molar-refractivity contribution in [3.05, 3.63) is 0 Å². The van der Waals surface area contributed by atoms with E-state index in [1.165, 1.54) is 141 Å². The molecular weight excluding hydrogens is 754 g/mol. The van der Waals surface area contributed by atoms with Gasteiger partial charge in [-0.2, -0.15) is 0 Å². The van der Waals surface area contributed by atoms with Crippen molar-refractivity contribution in [3.63, 3.8) is 0 Å². The van der Waals surface area contributed by atoms with E-state index in [2.05, 4.69) is 57.2 Å². The summed E-state index contributed by atoms with van der Waals surface area (Å²) in [6, 6.07) is 0. The molecular formula is C48H90FIO2. The van der Waals surface area contributed by atoms with E-state index in [0.717, 1.165) is 65.6 Å². The quantitative estimate of drug-likeness (QED) is 0.0468. The largest absolute Gasteiger partial charge is 0.393 e. The molecule has 0 aliphatic heterocycles. The molecule has 0 aromatic rings. The number of halogens is 2. The summed E-state index contributed by atoms with van der Waals surface area (Å²) in [5.41, 5.74) is -0.406. The van der Waals surface area contributed by atoms with Gasteiger partial charge in [0.25, 0.3) is 0 Å². The number of rotatable bonds is 28. The molecule has 4 heteroatoms. The standard InChI is InChI=1S/C48H90FIO2/c1-8-36(2)16-12-11-15-18-45(51)39(5)17-13-9-10-14-19-46(52)42-22-20-40(21-23-42)33-38(4)34-41(32-37(3)28-29-47(6,7)49)35-48(30-31-48)43-24-26-44(50)27-25-43/h36-46,51-52H,8-35H2,1-7H3/t36-,37+,38-,39?,40?,41-,42?,43?,44?,45?,46-/m0/s1. The molecule has 2 N–H and O–H groups in total. The third-order valence-electron chi connectivity index (χ3n) is 14.9. The van der Waals surface area contributed by atoms with Crippen molar-refractivity contribution in [2.75, 3.05) is 0 Å². The molecule has 3 rings (SSSR count). The van der Waals surface area contributed by atoms with Crippen molar-refractivity contribution in [2.45, 2.75) is 250 Å². The Morgan fingerprint density at radius 3 is 1.88 bits per heavy atom. The lowest BCUT2D eigenvalue weighted by Gasteiger charge is -2.37. The summed E-state index contributed by atoms with van der Waals surface area (Å²) in [7, 11) is 0.